The van der Waals surface area contributed by atoms with Crippen LogP contribution in [0.25, 0.3) is 0 Å². The van der Waals surface area contributed by atoms with Gasteiger partial charge in [0.05, 0.1) is 0 Å². The van der Waals surface area contributed by atoms with Crippen LogP contribution >= 0.6 is 0 Å². The quantitative estimate of drug-likeness (QED) is 0.0431. The van der Waals surface area contributed by atoms with Crippen molar-refractivity contribution in [3.63, 3.8) is 0 Å². The van der Waals surface area contributed by atoms with Crippen molar-refractivity contribution in [3.05, 3.63) is 119 Å². The minimum atomic E-state index is -0.749. The summed E-state index contributed by atoms with van der Waals surface area (Å²) in [4.78, 5) is 0. The molecule has 2 N–H and O–H groups in total. The fourth-order valence-electron chi connectivity index (χ4n) is 9.24. The van der Waals surface area contributed by atoms with Gasteiger partial charge in [0.2, 0.25) is 0 Å². The molecule has 0 aliphatic rings. The average molecular weight is 949 g/mol. The summed E-state index contributed by atoms with van der Waals surface area (Å²) in [5.74, 6) is 3.00. The highest BCUT2D eigenvalue weighted by atomic mass is 16.5. The molecule has 0 radical (unpaired) electrons. The Kier molecular flexibility index (Phi) is 30.0. The molecule has 384 valence electrons. The molecule has 6 heteroatoms. The van der Waals surface area contributed by atoms with Crippen LogP contribution < -0.4 is 18.9 Å². The van der Waals surface area contributed by atoms with Gasteiger partial charge in [-0.05, 0) is 96.5 Å². The number of unbranched alkanes of at least 4 members (excludes halogenated alkanes) is 24. The minimum absolute atomic E-state index is 0.149. The lowest BCUT2D eigenvalue weighted by Crippen LogP contribution is -2.25. The van der Waals surface area contributed by atoms with E-state index < -0.39 is 12.2 Å². The van der Waals surface area contributed by atoms with Crippen molar-refractivity contribution in [1.29, 1.82) is 0 Å². The van der Waals surface area contributed by atoms with E-state index in [0.717, 1.165) is 35.5 Å². The number of aliphatic hydroxyl groups is 2. The number of rotatable bonds is 42. The van der Waals surface area contributed by atoms with Gasteiger partial charge in [0.25, 0.3) is 0 Å². The van der Waals surface area contributed by atoms with Crippen molar-refractivity contribution in [2.75, 3.05) is 26.4 Å². The summed E-state index contributed by atoms with van der Waals surface area (Å²) in [6.45, 7) is 9.61. The zero-order valence-corrected chi connectivity index (χ0v) is 44.0. The van der Waals surface area contributed by atoms with Gasteiger partial charge in [-0.3, -0.25) is 0 Å². The van der Waals surface area contributed by atoms with E-state index in [1.54, 1.807) is 0 Å². The minimum Gasteiger partial charge on any atom is -0.491 e. The first kappa shape index (κ1) is 57.6. The lowest BCUT2D eigenvalue weighted by molar-refractivity contribution is 0.0626. The third-order valence-corrected chi connectivity index (χ3v) is 13.9. The molecule has 4 aromatic carbocycles. The Labute approximate surface area is 421 Å². The standard InChI is InChI=1S/C63H96O6/c1-5-7-9-11-13-15-17-19-21-23-25-27-29-33-53-35-31-37-61(47-53)68-51-57(64)49-66-59-43-39-55(40-44-59)63(3,4)56-41-45-60(46-42-56)67-50-58(65)52-69-62-38-32-36-54(48-62)34-30-28-26-24-22-20-18-16-14-12-10-8-6-2/h31-32,35-48,57-58,64-65H,5-30,33-34,49-52H2,1-4H3. The molecular formula is C63H96O6. The zero-order chi connectivity index (χ0) is 49.0. The molecule has 2 atom stereocenters. The SMILES string of the molecule is CCCCCCCCCCCCCCCc1cccc(OCC(O)COc2ccc(C(C)(C)c3ccc(OCC(O)COc4cccc(CCCCCCCCCCCCCCC)c4)cc3)cc2)c1. The Balaban J connectivity index is 1.05. The normalized spacial score (nSPS) is 12.5. The second kappa shape index (κ2) is 36.0. The van der Waals surface area contributed by atoms with E-state index in [1.807, 2.05) is 48.5 Å². The highest BCUT2D eigenvalue weighted by Crippen LogP contribution is 2.33. The number of aliphatic hydroxyl groups excluding tert-OH is 2. The van der Waals surface area contributed by atoms with Crippen LogP contribution in [0.3, 0.4) is 0 Å². The molecule has 0 saturated heterocycles. The summed E-state index contributed by atoms with van der Waals surface area (Å²) < 4.78 is 23.9. The van der Waals surface area contributed by atoms with Gasteiger partial charge in [0.15, 0.2) is 0 Å². The summed E-state index contributed by atoms with van der Waals surface area (Å²) >= 11 is 0. The molecule has 0 bridgehead atoms. The van der Waals surface area contributed by atoms with E-state index in [2.05, 4.69) is 76.2 Å². The van der Waals surface area contributed by atoms with E-state index in [4.69, 9.17) is 18.9 Å². The molecule has 0 heterocycles. The van der Waals surface area contributed by atoms with Crippen molar-refractivity contribution in [2.24, 2.45) is 0 Å². The highest BCUT2D eigenvalue weighted by Gasteiger charge is 2.23. The lowest BCUT2D eigenvalue weighted by Gasteiger charge is -2.26. The predicted molar refractivity (Wildman–Crippen MR) is 291 cm³/mol. The number of hydrogen-bond acceptors (Lipinski definition) is 6. The largest absolute Gasteiger partial charge is 0.491 e. The first-order valence-electron chi connectivity index (χ1n) is 28.0. The first-order valence-corrected chi connectivity index (χ1v) is 28.0. The first-order chi connectivity index (χ1) is 33.8. The van der Waals surface area contributed by atoms with Gasteiger partial charge in [0, 0.05) is 5.41 Å². The molecule has 0 fully saturated rings. The van der Waals surface area contributed by atoms with Crippen LogP contribution in [0.5, 0.6) is 23.0 Å². The van der Waals surface area contributed by atoms with Gasteiger partial charge in [-0.25, -0.2) is 0 Å². The molecular weight excluding hydrogens is 853 g/mol. The Morgan fingerprint density at radius 1 is 0.348 bits per heavy atom. The Morgan fingerprint density at radius 2 is 0.623 bits per heavy atom. The number of benzene rings is 4. The second-order valence-electron chi connectivity index (χ2n) is 20.5. The fraction of sp³-hybridized carbons (Fsp3) is 0.619. The number of aryl methyl sites for hydroxylation is 2. The molecule has 4 rings (SSSR count). The Morgan fingerprint density at radius 3 is 0.928 bits per heavy atom. The maximum absolute atomic E-state index is 10.7. The zero-order valence-electron chi connectivity index (χ0n) is 44.0. The summed E-state index contributed by atoms with van der Waals surface area (Å²) in [6, 6.07) is 32.7. The van der Waals surface area contributed by atoms with E-state index in [-0.39, 0.29) is 31.8 Å². The molecule has 0 saturated carbocycles. The number of ether oxygens (including phenoxy) is 4. The molecule has 0 spiro atoms. The summed E-state index contributed by atoms with van der Waals surface area (Å²) in [5.41, 5.74) is 4.60. The Hall–Kier alpha value is -4.00. The predicted octanol–water partition coefficient (Wildman–Crippen LogP) is 16.9. The van der Waals surface area contributed by atoms with Crippen molar-refractivity contribution in [3.8, 4) is 23.0 Å². The summed E-state index contributed by atoms with van der Waals surface area (Å²) in [6.07, 6.45) is 36.1. The smallest absolute Gasteiger partial charge is 0.122 e. The van der Waals surface area contributed by atoms with Crippen LogP contribution in [0.4, 0.5) is 0 Å². The molecule has 6 nitrogen and oxygen atoms in total. The lowest BCUT2D eigenvalue weighted by atomic mass is 9.78. The molecule has 69 heavy (non-hydrogen) atoms. The third kappa shape index (κ3) is 25.6. The summed E-state index contributed by atoms with van der Waals surface area (Å²) in [5, 5.41) is 21.4. The van der Waals surface area contributed by atoms with Gasteiger partial charge >= 0.3 is 0 Å². The van der Waals surface area contributed by atoms with Gasteiger partial charge in [-0.15, -0.1) is 0 Å². The molecule has 4 aromatic rings. The molecule has 0 aliphatic heterocycles. The van der Waals surface area contributed by atoms with Crippen molar-refractivity contribution < 1.29 is 29.2 Å². The Bertz CT molecular complexity index is 1700. The van der Waals surface area contributed by atoms with E-state index in [0.29, 0.717) is 11.5 Å². The van der Waals surface area contributed by atoms with Crippen LogP contribution in [0.2, 0.25) is 0 Å². The van der Waals surface area contributed by atoms with Gasteiger partial charge in [0.1, 0.15) is 61.6 Å². The highest BCUT2D eigenvalue weighted by molar-refractivity contribution is 5.42. The van der Waals surface area contributed by atoms with E-state index in [9.17, 15) is 10.2 Å². The van der Waals surface area contributed by atoms with Crippen LogP contribution in [0.1, 0.15) is 217 Å². The molecule has 0 amide bonds. The second-order valence-corrected chi connectivity index (χ2v) is 20.5. The van der Waals surface area contributed by atoms with Crippen LogP contribution in [-0.4, -0.2) is 48.8 Å². The average Bonchev–Trinajstić information content (AvgIpc) is 3.37. The maximum atomic E-state index is 10.7. The van der Waals surface area contributed by atoms with Gasteiger partial charge in [-0.2, -0.15) is 0 Å². The van der Waals surface area contributed by atoms with Crippen molar-refractivity contribution in [1.82, 2.24) is 0 Å². The number of hydrogen-bond donors (Lipinski definition) is 2. The monoisotopic (exact) mass is 949 g/mol. The molecule has 0 aromatic heterocycles. The third-order valence-electron chi connectivity index (χ3n) is 13.9. The summed E-state index contributed by atoms with van der Waals surface area (Å²) in [7, 11) is 0. The maximum Gasteiger partial charge on any atom is 0.122 e. The van der Waals surface area contributed by atoms with Crippen LogP contribution in [-0.2, 0) is 18.3 Å². The van der Waals surface area contributed by atoms with Gasteiger partial charge in [-0.1, -0.05) is 230 Å². The van der Waals surface area contributed by atoms with Crippen molar-refractivity contribution in [2.45, 2.75) is 225 Å². The molecule has 2 unspecified atom stereocenters. The molecule has 0 aliphatic carbocycles. The van der Waals surface area contributed by atoms with Crippen LogP contribution in [0, 0.1) is 0 Å². The van der Waals surface area contributed by atoms with Crippen LogP contribution in [0.15, 0.2) is 97.1 Å². The van der Waals surface area contributed by atoms with Gasteiger partial charge < -0.3 is 29.2 Å². The fourth-order valence-corrected chi connectivity index (χ4v) is 9.24. The van der Waals surface area contributed by atoms with Crippen molar-refractivity contribution >= 4 is 0 Å². The topological polar surface area (TPSA) is 77.4 Å². The van der Waals surface area contributed by atoms with E-state index >= 15 is 0 Å². The van der Waals surface area contributed by atoms with E-state index in [1.165, 1.54) is 178 Å².